The molecule has 0 amide bonds. The molecule has 2 aromatic carbocycles. The van der Waals surface area contributed by atoms with Gasteiger partial charge in [0.05, 0.1) is 5.56 Å². The van der Waals surface area contributed by atoms with E-state index in [1.54, 1.807) is 12.1 Å². The van der Waals surface area contributed by atoms with E-state index in [1.807, 2.05) is 42.5 Å². The van der Waals surface area contributed by atoms with Gasteiger partial charge in [-0.2, -0.15) is 0 Å². The number of carbonyl (C=O) groups excluding carboxylic acids is 1. The lowest BCUT2D eigenvalue weighted by Gasteiger charge is -2.07. The van der Waals surface area contributed by atoms with Crippen LogP contribution in [0.2, 0.25) is 0 Å². The number of Topliss-reactive ketones (excluding diaryl/α,β-unsaturated/α-hetero) is 1. The number of hydrogen-bond acceptors (Lipinski definition) is 2. The summed E-state index contributed by atoms with van der Waals surface area (Å²) in [6.45, 7) is 1.39. The molecule has 0 bridgehead atoms. The van der Waals surface area contributed by atoms with Gasteiger partial charge in [0.25, 0.3) is 5.56 Å². The van der Waals surface area contributed by atoms with E-state index in [0.29, 0.717) is 0 Å². The minimum Gasteiger partial charge on any atom is -0.321 e. The first-order valence-electron chi connectivity index (χ1n) is 6.39. The van der Waals surface area contributed by atoms with Gasteiger partial charge in [-0.3, -0.25) is 9.59 Å². The van der Waals surface area contributed by atoms with Crippen LogP contribution in [-0.2, 0) is 0 Å². The van der Waals surface area contributed by atoms with Crippen molar-refractivity contribution in [2.75, 3.05) is 0 Å². The number of pyridine rings is 1. The first-order chi connectivity index (χ1) is 9.66. The highest BCUT2D eigenvalue weighted by molar-refractivity contribution is 5.97. The number of rotatable bonds is 2. The largest absolute Gasteiger partial charge is 0.321 e. The van der Waals surface area contributed by atoms with E-state index >= 15 is 0 Å². The summed E-state index contributed by atoms with van der Waals surface area (Å²) in [4.78, 5) is 26.0. The van der Waals surface area contributed by atoms with Crippen molar-refractivity contribution < 1.29 is 4.79 Å². The molecular formula is C17H13NO2. The summed E-state index contributed by atoms with van der Waals surface area (Å²) >= 11 is 0. The Morgan fingerprint density at radius 1 is 0.950 bits per heavy atom. The third kappa shape index (κ3) is 2.03. The smallest absolute Gasteiger partial charge is 0.259 e. The van der Waals surface area contributed by atoms with Crippen molar-refractivity contribution >= 4 is 16.6 Å². The molecule has 1 aromatic heterocycles. The van der Waals surface area contributed by atoms with Gasteiger partial charge >= 0.3 is 0 Å². The van der Waals surface area contributed by atoms with Crippen molar-refractivity contribution in [3.05, 3.63) is 70.5 Å². The van der Waals surface area contributed by atoms with Gasteiger partial charge in [-0.25, -0.2) is 0 Å². The van der Waals surface area contributed by atoms with E-state index in [-0.39, 0.29) is 16.9 Å². The fourth-order valence-electron chi connectivity index (χ4n) is 2.37. The Labute approximate surface area is 115 Å². The zero-order valence-electron chi connectivity index (χ0n) is 11.0. The Bertz CT molecular complexity index is 857. The van der Waals surface area contributed by atoms with Gasteiger partial charge in [-0.15, -0.1) is 0 Å². The molecule has 0 saturated heterocycles. The SMILES string of the molecule is CC(=O)c1ccc(-c2cccc3ccccc23)[nH]c1=O. The van der Waals surface area contributed by atoms with Crippen molar-refractivity contribution in [2.24, 2.45) is 0 Å². The van der Waals surface area contributed by atoms with Gasteiger partial charge in [-0.1, -0.05) is 42.5 Å². The number of ketones is 1. The molecule has 0 radical (unpaired) electrons. The van der Waals surface area contributed by atoms with Crippen molar-refractivity contribution in [1.29, 1.82) is 0 Å². The lowest BCUT2D eigenvalue weighted by Crippen LogP contribution is -2.15. The molecule has 1 N–H and O–H groups in total. The van der Waals surface area contributed by atoms with E-state index in [4.69, 9.17) is 0 Å². The molecule has 0 aliphatic rings. The highest BCUT2D eigenvalue weighted by Crippen LogP contribution is 2.26. The average Bonchev–Trinajstić information content (AvgIpc) is 2.46. The first-order valence-corrected chi connectivity index (χ1v) is 6.39. The number of aromatic amines is 1. The van der Waals surface area contributed by atoms with Crippen molar-refractivity contribution in [2.45, 2.75) is 6.92 Å². The number of nitrogens with one attached hydrogen (secondary N) is 1. The van der Waals surface area contributed by atoms with E-state index in [2.05, 4.69) is 4.98 Å². The lowest BCUT2D eigenvalue weighted by molar-refractivity contribution is 0.101. The van der Waals surface area contributed by atoms with Crippen LogP contribution in [0.25, 0.3) is 22.0 Å². The van der Waals surface area contributed by atoms with Crippen LogP contribution in [0, 0.1) is 0 Å². The number of H-pyrrole nitrogens is 1. The fraction of sp³-hybridized carbons (Fsp3) is 0.0588. The predicted octanol–water partition coefficient (Wildman–Crippen LogP) is 3.40. The lowest BCUT2D eigenvalue weighted by atomic mass is 10.0. The summed E-state index contributed by atoms with van der Waals surface area (Å²) in [5.41, 5.74) is 1.52. The molecular weight excluding hydrogens is 250 g/mol. The van der Waals surface area contributed by atoms with Gasteiger partial charge in [0, 0.05) is 11.3 Å². The third-order valence-electron chi connectivity index (χ3n) is 3.37. The molecule has 0 atom stereocenters. The molecule has 3 rings (SSSR count). The zero-order valence-corrected chi connectivity index (χ0v) is 11.0. The standard InChI is InChI=1S/C17H13NO2/c1-11(19)13-9-10-16(18-17(13)20)15-8-4-6-12-5-2-3-7-14(12)15/h2-10H,1H3,(H,18,20). The Balaban J connectivity index is 2.24. The van der Waals surface area contributed by atoms with E-state index in [1.165, 1.54) is 6.92 Å². The Hall–Kier alpha value is -2.68. The molecule has 3 aromatic rings. The second-order valence-electron chi connectivity index (χ2n) is 4.70. The molecule has 1 heterocycles. The topological polar surface area (TPSA) is 49.9 Å². The van der Waals surface area contributed by atoms with Crippen LogP contribution in [0.1, 0.15) is 17.3 Å². The van der Waals surface area contributed by atoms with Crippen LogP contribution >= 0.6 is 0 Å². The van der Waals surface area contributed by atoms with Gasteiger partial charge in [0.1, 0.15) is 0 Å². The van der Waals surface area contributed by atoms with Crippen LogP contribution in [0.4, 0.5) is 0 Å². The summed E-state index contributed by atoms with van der Waals surface area (Å²) < 4.78 is 0. The number of hydrogen-bond donors (Lipinski definition) is 1. The number of fused-ring (bicyclic) bond motifs is 1. The van der Waals surface area contributed by atoms with Crippen LogP contribution in [0.3, 0.4) is 0 Å². The highest BCUT2D eigenvalue weighted by Gasteiger charge is 2.08. The van der Waals surface area contributed by atoms with E-state index in [9.17, 15) is 9.59 Å². The minimum atomic E-state index is -0.345. The summed E-state index contributed by atoms with van der Waals surface area (Å²) in [7, 11) is 0. The maximum Gasteiger partial charge on any atom is 0.259 e. The van der Waals surface area contributed by atoms with Crippen LogP contribution in [-0.4, -0.2) is 10.8 Å². The van der Waals surface area contributed by atoms with Crippen molar-refractivity contribution in [3.63, 3.8) is 0 Å². The summed E-state index contributed by atoms with van der Waals surface area (Å²) in [5.74, 6) is -0.226. The number of carbonyl (C=O) groups is 1. The van der Waals surface area contributed by atoms with Crippen LogP contribution in [0.15, 0.2) is 59.4 Å². The normalized spacial score (nSPS) is 10.7. The zero-order chi connectivity index (χ0) is 14.1. The maximum atomic E-state index is 11.9. The number of benzene rings is 2. The van der Waals surface area contributed by atoms with Gasteiger partial charge in [-0.05, 0) is 29.8 Å². The van der Waals surface area contributed by atoms with Crippen LogP contribution < -0.4 is 5.56 Å². The molecule has 3 heteroatoms. The van der Waals surface area contributed by atoms with Crippen molar-refractivity contribution in [3.8, 4) is 11.3 Å². The van der Waals surface area contributed by atoms with Crippen LogP contribution in [0.5, 0.6) is 0 Å². The molecule has 0 saturated carbocycles. The Morgan fingerprint density at radius 2 is 1.70 bits per heavy atom. The van der Waals surface area contributed by atoms with E-state index < -0.39 is 0 Å². The van der Waals surface area contributed by atoms with Gasteiger partial charge in [0.15, 0.2) is 5.78 Å². The Kier molecular flexibility index (Phi) is 2.95. The minimum absolute atomic E-state index is 0.189. The summed E-state index contributed by atoms with van der Waals surface area (Å²) in [5, 5.41) is 2.18. The second kappa shape index (κ2) is 4.78. The van der Waals surface area contributed by atoms with Gasteiger partial charge < -0.3 is 4.98 Å². The predicted molar refractivity (Wildman–Crippen MR) is 80.0 cm³/mol. The quantitative estimate of drug-likeness (QED) is 0.720. The molecule has 0 aliphatic carbocycles. The van der Waals surface area contributed by atoms with Gasteiger partial charge in [0.2, 0.25) is 0 Å². The monoisotopic (exact) mass is 263 g/mol. The van der Waals surface area contributed by atoms with E-state index in [0.717, 1.165) is 22.0 Å². The average molecular weight is 263 g/mol. The molecule has 0 unspecified atom stereocenters. The Morgan fingerprint density at radius 3 is 2.45 bits per heavy atom. The summed E-state index contributed by atoms with van der Waals surface area (Å²) in [6, 6.07) is 17.3. The molecule has 3 nitrogen and oxygen atoms in total. The number of aromatic nitrogens is 1. The molecule has 0 spiro atoms. The highest BCUT2D eigenvalue weighted by atomic mass is 16.1. The molecule has 98 valence electrons. The molecule has 0 aliphatic heterocycles. The molecule has 20 heavy (non-hydrogen) atoms. The maximum absolute atomic E-state index is 11.9. The van der Waals surface area contributed by atoms with Crippen molar-refractivity contribution in [1.82, 2.24) is 4.98 Å². The fourth-order valence-corrected chi connectivity index (χ4v) is 2.37. The first kappa shape index (κ1) is 12.4. The molecule has 0 fully saturated rings. The second-order valence-corrected chi connectivity index (χ2v) is 4.70. The summed E-state index contributed by atoms with van der Waals surface area (Å²) in [6.07, 6.45) is 0. The third-order valence-corrected chi connectivity index (χ3v) is 3.37.